The topological polar surface area (TPSA) is 46.3 Å². The first-order chi connectivity index (χ1) is 6.65. The number of carbonyl (C=O) groups excluding carboxylic acids is 1. The molecule has 0 spiro atoms. The van der Waals surface area contributed by atoms with Gasteiger partial charge in [0.05, 0.1) is 0 Å². The van der Waals surface area contributed by atoms with Gasteiger partial charge in [-0.2, -0.15) is 11.8 Å². The van der Waals surface area contributed by atoms with E-state index in [2.05, 4.69) is 0 Å². The highest BCUT2D eigenvalue weighted by Gasteiger charge is 2.24. The maximum Gasteiger partial charge on any atom is 0.226 e. The van der Waals surface area contributed by atoms with E-state index in [9.17, 15) is 4.79 Å². The maximum atomic E-state index is 11.9. The van der Waals surface area contributed by atoms with Gasteiger partial charge in [-0.15, -0.1) is 0 Å². The molecular formula is C10H20N2OS. The normalized spacial score (nSPS) is 24.8. The third-order valence-electron chi connectivity index (χ3n) is 2.61. The van der Waals surface area contributed by atoms with Crippen molar-refractivity contribution in [1.29, 1.82) is 0 Å². The molecular weight excluding hydrogens is 196 g/mol. The fraction of sp³-hybridized carbons (Fsp3) is 0.900. The van der Waals surface area contributed by atoms with Crippen molar-refractivity contribution in [2.24, 2.45) is 11.7 Å². The molecule has 1 rings (SSSR count). The third kappa shape index (κ3) is 3.17. The Bertz CT molecular complexity index is 199. The van der Waals surface area contributed by atoms with Crippen LogP contribution in [-0.4, -0.2) is 41.9 Å². The molecule has 1 aliphatic heterocycles. The van der Waals surface area contributed by atoms with Crippen molar-refractivity contribution in [3.8, 4) is 0 Å². The fourth-order valence-electron chi connectivity index (χ4n) is 1.84. The van der Waals surface area contributed by atoms with Gasteiger partial charge in [0.25, 0.3) is 0 Å². The highest BCUT2D eigenvalue weighted by molar-refractivity contribution is 7.98. The second-order valence-corrected chi connectivity index (χ2v) is 4.95. The zero-order chi connectivity index (χ0) is 10.6. The Balaban J connectivity index is 2.42. The molecule has 0 aromatic rings. The predicted molar refractivity (Wildman–Crippen MR) is 61.3 cm³/mol. The molecule has 2 unspecified atom stereocenters. The van der Waals surface area contributed by atoms with Crippen LogP contribution in [0.4, 0.5) is 0 Å². The van der Waals surface area contributed by atoms with Crippen LogP contribution in [0, 0.1) is 5.92 Å². The lowest BCUT2D eigenvalue weighted by Gasteiger charge is -2.32. The summed E-state index contributed by atoms with van der Waals surface area (Å²) >= 11 is 1.72. The summed E-state index contributed by atoms with van der Waals surface area (Å²) in [4.78, 5) is 13.8. The molecule has 3 nitrogen and oxygen atoms in total. The maximum absolute atomic E-state index is 11.9. The Morgan fingerprint density at radius 1 is 1.71 bits per heavy atom. The molecule has 1 aliphatic rings. The lowest BCUT2D eigenvalue weighted by molar-refractivity contribution is -0.135. The fourth-order valence-corrected chi connectivity index (χ4v) is 2.49. The highest BCUT2D eigenvalue weighted by atomic mass is 32.2. The van der Waals surface area contributed by atoms with Crippen molar-refractivity contribution in [3.63, 3.8) is 0 Å². The highest BCUT2D eigenvalue weighted by Crippen LogP contribution is 2.14. The first-order valence-electron chi connectivity index (χ1n) is 5.18. The van der Waals surface area contributed by atoms with Crippen LogP contribution < -0.4 is 5.73 Å². The largest absolute Gasteiger partial charge is 0.341 e. The SMILES string of the molecule is CSCC(C)C(=O)N1CCCC(N)C1. The summed E-state index contributed by atoms with van der Waals surface area (Å²) in [6, 6.07) is 0.189. The number of hydrogen-bond donors (Lipinski definition) is 1. The number of likely N-dealkylation sites (tertiary alicyclic amines) is 1. The van der Waals surface area contributed by atoms with Crippen LogP contribution in [0.25, 0.3) is 0 Å². The summed E-state index contributed by atoms with van der Waals surface area (Å²) in [6.07, 6.45) is 4.14. The minimum absolute atomic E-state index is 0.135. The molecule has 1 amide bonds. The van der Waals surface area contributed by atoms with Gasteiger partial charge in [0.15, 0.2) is 0 Å². The number of amides is 1. The molecule has 0 bridgehead atoms. The van der Waals surface area contributed by atoms with Crippen LogP contribution in [0.2, 0.25) is 0 Å². The van der Waals surface area contributed by atoms with Crippen LogP contribution in [0.3, 0.4) is 0 Å². The van der Waals surface area contributed by atoms with Gasteiger partial charge in [0.2, 0.25) is 5.91 Å². The third-order valence-corrected chi connectivity index (χ3v) is 3.44. The Morgan fingerprint density at radius 2 is 2.43 bits per heavy atom. The number of piperidine rings is 1. The Kier molecular flexibility index (Phi) is 4.75. The standard InChI is InChI=1S/C10H20N2OS/c1-8(7-14-2)10(13)12-5-3-4-9(11)6-12/h8-9H,3-7,11H2,1-2H3. The molecule has 0 saturated carbocycles. The van der Waals surface area contributed by atoms with Gasteiger partial charge >= 0.3 is 0 Å². The zero-order valence-corrected chi connectivity index (χ0v) is 9.85. The van der Waals surface area contributed by atoms with Crippen molar-refractivity contribution in [2.45, 2.75) is 25.8 Å². The van der Waals surface area contributed by atoms with Crippen LogP contribution in [-0.2, 0) is 4.79 Å². The molecule has 82 valence electrons. The van der Waals surface area contributed by atoms with E-state index in [0.29, 0.717) is 0 Å². The number of thioether (sulfide) groups is 1. The van der Waals surface area contributed by atoms with Gasteiger partial charge in [0, 0.05) is 30.8 Å². The Labute approximate surface area is 90.4 Å². The van der Waals surface area contributed by atoms with E-state index >= 15 is 0 Å². The first-order valence-corrected chi connectivity index (χ1v) is 6.58. The van der Waals surface area contributed by atoms with Crippen LogP contribution in [0.5, 0.6) is 0 Å². The summed E-state index contributed by atoms with van der Waals surface area (Å²) in [5, 5.41) is 0. The van der Waals surface area contributed by atoms with E-state index in [0.717, 1.165) is 31.7 Å². The molecule has 1 fully saturated rings. The minimum atomic E-state index is 0.135. The molecule has 0 aromatic carbocycles. The lowest BCUT2D eigenvalue weighted by Crippen LogP contribution is -2.47. The lowest BCUT2D eigenvalue weighted by atomic mass is 10.0. The molecule has 2 N–H and O–H groups in total. The molecule has 0 aromatic heterocycles. The molecule has 4 heteroatoms. The Morgan fingerprint density at radius 3 is 3.00 bits per heavy atom. The monoisotopic (exact) mass is 216 g/mol. The van der Waals surface area contributed by atoms with Crippen molar-refractivity contribution in [2.75, 3.05) is 25.1 Å². The smallest absolute Gasteiger partial charge is 0.226 e. The van der Waals surface area contributed by atoms with Gasteiger partial charge in [-0.1, -0.05) is 6.92 Å². The molecule has 2 atom stereocenters. The second kappa shape index (κ2) is 5.61. The summed E-state index contributed by atoms with van der Waals surface area (Å²) in [5.41, 5.74) is 5.84. The van der Waals surface area contributed by atoms with Crippen molar-refractivity contribution < 1.29 is 4.79 Å². The summed E-state index contributed by atoms with van der Waals surface area (Å²) < 4.78 is 0. The molecule has 0 radical (unpaired) electrons. The summed E-state index contributed by atoms with van der Waals surface area (Å²) in [7, 11) is 0. The second-order valence-electron chi connectivity index (χ2n) is 4.04. The minimum Gasteiger partial charge on any atom is -0.341 e. The van der Waals surface area contributed by atoms with Crippen molar-refractivity contribution in [3.05, 3.63) is 0 Å². The van der Waals surface area contributed by atoms with E-state index in [1.165, 1.54) is 0 Å². The number of nitrogens with zero attached hydrogens (tertiary/aromatic N) is 1. The number of hydrogen-bond acceptors (Lipinski definition) is 3. The van der Waals surface area contributed by atoms with Gasteiger partial charge in [-0.05, 0) is 19.1 Å². The van der Waals surface area contributed by atoms with E-state index in [1.807, 2.05) is 18.1 Å². The van der Waals surface area contributed by atoms with E-state index < -0.39 is 0 Å². The van der Waals surface area contributed by atoms with Gasteiger partial charge in [0.1, 0.15) is 0 Å². The summed E-state index contributed by atoms with van der Waals surface area (Å²) in [6.45, 7) is 3.64. The van der Waals surface area contributed by atoms with Crippen LogP contribution in [0.1, 0.15) is 19.8 Å². The van der Waals surface area contributed by atoms with Crippen LogP contribution >= 0.6 is 11.8 Å². The van der Waals surface area contributed by atoms with Gasteiger partial charge in [-0.25, -0.2) is 0 Å². The number of carbonyl (C=O) groups is 1. The first kappa shape index (κ1) is 11.9. The molecule has 0 aliphatic carbocycles. The van der Waals surface area contributed by atoms with Crippen molar-refractivity contribution >= 4 is 17.7 Å². The number of nitrogens with two attached hydrogens (primary N) is 1. The number of rotatable bonds is 3. The molecule has 1 saturated heterocycles. The molecule has 1 heterocycles. The van der Waals surface area contributed by atoms with Crippen LogP contribution in [0.15, 0.2) is 0 Å². The average molecular weight is 216 g/mol. The van der Waals surface area contributed by atoms with E-state index in [-0.39, 0.29) is 17.9 Å². The average Bonchev–Trinajstić information content (AvgIpc) is 2.17. The van der Waals surface area contributed by atoms with E-state index in [4.69, 9.17) is 5.73 Å². The quantitative estimate of drug-likeness (QED) is 0.763. The summed E-state index contributed by atoms with van der Waals surface area (Å²) in [5.74, 6) is 1.31. The molecule has 14 heavy (non-hydrogen) atoms. The van der Waals surface area contributed by atoms with Gasteiger partial charge < -0.3 is 10.6 Å². The van der Waals surface area contributed by atoms with Crippen molar-refractivity contribution in [1.82, 2.24) is 4.90 Å². The Hall–Kier alpha value is -0.220. The van der Waals surface area contributed by atoms with E-state index in [1.54, 1.807) is 11.8 Å². The van der Waals surface area contributed by atoms with Gasteiger partial charge in [-0.3, -0.25) is 4.79 Å². The predicted octanol–water partition coefficient (Wildman–Crippen LogP) is 0.935. The zero-order valence-electron chi connectivity index (χ0n) is 9.03.